The Labute approximate surface area is 153 Å². The molecular weight excluding hydrogens is 332 g/mol. The van der Waals surface area contributed by atoms with Gasteiger partial charge in [0.15, 0.2) is 18.1 Å². The summed E-state index contributed by atoms with van der Waals surface area (Å²) >= 11 is 0. The third-order valence-electron chi connectivity index (χ3n) is 4.19. The number of para-hydroxylation sites is 2. The number of hydrogen-bond donors (Lipinski definition) is 2. The van der Waals surface area contributed by atoms with E-state index in [4.69, 9.17) is 15.2 Å². The van der Waals surface area contributed by atoms with E-state index < -0.39 is 5.91 Å². The topological polar surface area (TPSA) is 90.7 Å². The van der Waals surface area contributed by atoms with Crippen LogP contribution < -0.4 is 20.5 Å². The van der Waals surface area contributed by atoms with Crippen molar-refractivity contribution in [3.8, 4) is 11.5 Å². The predicted molar refractivity (Wildman–Crippen MR) is 101 cm³/mol. The first-order valence-corrected chi connectivity index (χ1v) is 8.46. The number of nitrogens with two attached hydrogens (primary N) is 1. The molecule has 0 radical (unpaired) electrons. The maximum Gasteiger partial charge on any atom is 0.262 e. The number of anilines is 1. The van der Waals surface area contributed by atoms with Crippen molar-refractivity contribution in [3.63, 3.8) is 0 Å². The Balaban J connectivity index is 2.13. The van der Waals surface area contributed by atoms with Crippen molar-refractivity contribution in [1.82, 2.24) is 0 Å². The Hall–Kier alpha value is -3.02. The van der Waals surface area contributed by atoms with Gasteiger partial charge in [-0.2, -0.15) is 0 Å². The van der Waals surface area contributed by atoms with Crippen molar-refractivity contribution in [2.45, 2.75) is 26.2 Å². The smallest absolute Gasteiger partial charge is 0.262 e. The van der Waals surface area contributed by atoms with Gasteiger partial charge in [0.05, 0.1) is 12.7 Å². The molecule has 6 nitrogen and oxygen atoms in total. The van der Waals surface area contributed by atoms with Gasteiger partial charge >= 0.3 is 0 Å². The summed E-state index contributed by atoms with van der Waals surface area (Å²) in [5, 5.41) is 2.86. The van der Waals surface area contributed by atoms with Crippen molar-refractivity contribution >= 4 is 17.5 Å². The molecule has 2 aromatic rings. The van der Waals surface area contributed by atoms with Crippen LogP contribution in [0.1, 0.15) is 42.1 Å². The first-order chi connectivity index (χ1) is 12.5. The molecule has 26 heavy (non-hydrogen) atoms. The van der Waals surface area contributed by atoms with E-state index in [-0.39, 0.29) is 23.8 Å². The second kappa shape index (κ2) is 8.89. The lowest BCUT2D eigenvalue weighted by atomic mass is 9.97. The zero-order valence-corrected chi connectivity index (χ0v) is 15.2. The average Bonchev–Trinajstić information content (AvgIpc) is 2.65. The molecule has 0 bridgehead atoms. The van der Waals surface area contributed by atoms with E-state index in [1.54, 1.807) is 12.1 Å². The van der Waals surface area contributed by atoms with Crippen LogP contribution in [-0.4, -0.2) is 25.5 Å². The third kappa shape index (κ3) is 4.53. The fraction of sp³-hybridized carbons (Fsp3) is 0.300. The van der Waals surface area contributed by atoms with Crippen LogP contribution >= 0.6 is 0 Å². The number of primary amides is 1. The number of rotatable bonds is 8. The largest absolute Gasteiger partial charge is 0.493 e. The minimum Gasteiger partial charge on any atom is -0.493 e. The second-order valence-corrected chi connectivity index (χ2v) is 5.93. The van der Waals surface area contributed by atoms with Gasteiger partial charge < -0.3 is 20.5 Å². The number of nitrogens with one attached hydrogen (secondary N) is 1. The highest BCUT2D eigenvalue weighted by molar-refractivity contribution is 5.97. The lowest BCUT2D eigenvalue weighted by Gasteiger charge is -2.16. The molecule has 2 aromatic carbocycles. The Bertz CT molecular complexity index is 789. The summed E-state index contributed by atoms with van der Waals surface area (Å²) in [6.45, 7) is 3.93. The van der Waals surface area contributed by atoms with Crippen molar-refractivity contribution in [2.75, 3.05) is 19.0 Å². The van der Waals surface area contributed by atoms with Crippen LogP contribution in [0.2, 0.25) is 0 Å². The number of carbonyl (C=O) groups is 2. The highest BCUT2D eigenvalue weighted by atomic mass is 16.5. The van der Waals surface area contributed by atoms with Gasteiger partial charge in [0.25, 0.3) is 11.8 Å². The van der Waals surface area contributed by atoms with Crippen LogP contribution in [0.4, 0.5) is 5.69 Å². The summed E-state index contributed by atoms with van der Waals surface area (Å²) in [5.41, 5.74) is 7.35. The van der Waals surface area contributed by atoms with Crippen LogP contribution in [-0.2, 0) is 4.79 Å². The molecule has 2 rings (SSSR count). The summed E-state index contributed by atoms with van der Waals surface area (Å²) in [6.07, 6.45) is 0.965. The minimum atomic E-state index is -0.651. The fourth-order valence-corrected chi connectivity index (χ4v) is 2.60. The molecule has 0 heterocycles. The molecule has 0 aliphatic rings. The normalized spacial score (nSPS) is 11.5. The predicted octanol–water partition coefficient (Wildman–Crippen LogP) is 3.33. The summed E-state index contributed by atoms with van der Waals surface area (Å²) in [7, 11) is 1.45. The van der Waals surface area contributed by atoms with E-state index in [1.807, 2.05) is 24.3 Å². The average molecular weight is 356 g/mol. The maximum absolute atomic E-state index is 12.3. The van der Waals surface area contributed by atoms with Gasteiger partial charge in [0, 0.05) is 5.69 Å². The van der Waals surface area contributed by atoms with Crippen molar-refractivity contribution in [2.24, 2.45) is 5.73 Å². The summed E-state index contributed by atoms with van der Waals surface area (Å²) in [5.74, 6) is -0.159. The second-order valence-electron chi connectivity index (χ2n) is 5.93. The number of carbonyl (C=O) groups excluding carboxylic acids is 2. The van der Waals surface area contributed by atoms with Crippen LogP contribution in [0.25, 0.3) is 0 Å². The molecule has 0 saturated heterocycles. The van der Waals surface area contributed by atoms with Gasteiger partial charge in [-0.3, -0.25) is 9.59 Å². The number of hydrogen-bond acceptors (Lipinski definition) is 4. The lowest BCUT2D eigenvalue weighted by Crippen LogP contribution is -2.22. The fourth-order valence-electron chi connectivity index (χ4n) is 2.60. The van der Waals surface area contributed by atoms with Crippen molar-refractivity contribution in [1.29, 1.82) is 0 Å². The standard InChI is InChI=1S/C20H24N2O4/c1-4-13(2)14-8-5-6-10-16(14)22-18(23)12-26-19-15(20(21)24)9-7-11-17(19)25-3/h5-11,13H,4,12H2,1-3H3,(H2,21,24)(H,22,23). The molecule has 6 heteroatoms. The van der Waals surface area contributed by atoms with Gasteiger partial charge in [0.1, 0.15) is 0 Å². The molecule has 0 fully saturated rings. The number of methoxy groups -OCH3 is 1. The summed E-state index contributed by atoms with van der Waals surface area (Å²) in [4.78, 5) is 23.9. The van der Waals surface area contributed by atoms with E-state index >= 15 is 0 Å². The lowest BCUT2D eigenvalue weighted by molar-refractivity contribution is -0.118. The Morgan fingerprint density at radius 1 is 1.15 bits per heavy atom. The number of amides is 2. The van der Waals surface area contributed by atoms with Crippen LogP contribution in [0, 0.1) is 0 Å². The molecule has 1 atom stereocenters. The van der Waals surface area contributed by atoms with E-state index in [0.29, 0.717) is 11.7 Å². The van der Waals surface area contributed by atoms with Gasteiger partial charge in [-0.25, -0.2) is 0 Å². The number of benzene rings is 2. The number of ether oxygens (including phenoxy) is 2. The van der Waals surface area contributed by atoms with E-state index in [0.717, 1.165) is 17.7 Å². The van der Waals surface area contributed by atoms with E-state index in [9.17, 15) is 9.59 Å². The van der Waals surface area contributed by atoms with Gasteiger partial charge in [-0.05, 0) is 36.1 Å². The molecule has 0 aromatic heterocycles. The minimum absolute atomic E-state index is 0.160. The zero-order chi connectivity index (χ0) is 19.1. The molecular formula is C20H24N2O4. The molecule has 0 saturated carbocycles. The van der Waals surface area contributed by atoms with Crippen LogP contribution in [0.5, 0.6) is 11.5 Å². The van der Waals surface area contributed by atoms with Crippen molar-refractivity contribution < 1.29 is 19.1 Å². The van der Waals surface area contributed by atoms with Crippen molar-refractivity contribution in [3.05, 3.63) is 53.6 Å². The monoisotopic (exact) mass is 356 g/mol. The molecule has 138 valence electrons. The van der Waals surface area contributed by atoms with Gasteiger partial charge in [-0.1, -0.05) is 38.1 Å². The quantitative estimate of drug-likeness (QED) is 0.759. The summed E-state index contributed by atoms with van der Waals surface area (Å²) in [6, 6.07) is 12.5. The SMILES string of the molecule is CCC(C)c1ccccc1NC(=O)COc1c(OC)cccc1C(N)=O. The first-order valence-electron chi connectivity index (χ1n) is 8.46. The molecule has 3 N–H and O–H groups in total. The molecule has 0 aliphatic carbocycles. The Morgan fingerprint density at radius 3 is 2.54 bits per heavy atom. The third-order valence-corrected chi connectivity index (χ3v) is 4.19. The molecule has 0 spiro atoms. The highest BCUT2D eigenvalue weighted by Gasteiger charge is 2.17. The summed E-state index contributed by atoms with van der Waals surface area (Å²) < 4.78 is 10.7. The van der Waals surface area contributed by atoms with Gasteiger partial charge in [0.2, 0.25) is 0 Å². The van der Waals surface area contributed by atoms with Gasteiger partial charge in [-0.15, -0.1) is 0 Å². The maximum atomic E-state index is 12.3. The Morgan fingerprint density at radius 2 is 1.88 bits per heavy atom. The van der Waals surface area contributed by atoms with Crippen LogP contribution in [0.15, 0.2) is 42.5 Å². The molecule has 2 amide bonds. The zero-order valence-electron chi connectivity index (χ0n) is 15.2. The van der Waals surface area contributed by atoms with Crippen LogP contribution in [0.3, 0.4) is 0 Å². The van der Waals surface area contributed by atoms with E-state index in [2.05, 4.69) is 19.2 Å². The van der Waals surface area contributed by atoms with E-state index in [1.165, 1.54) is 13.2 Å². The molecule has 1 unspecified atom stereocenters. The molecule has 0 aliphatic heterocycles. The highest BCUT2D eigenvalue weighted by Crippen LogP contribution is 2.31. The Kier molecular flexibility index (Phi) is 6.60. The first kappa shape index (κ1) is 19.3.